The van der Waals surface area contributed by atoms with Gasteiger partial charge in [0.1, 0.15) is 0 Å². The second kappa shape index (κ2) is 3.62. The minimum atomic E-state index is 0.278. The van der Waals surface area contributed by atoms with Gasteiger partial charge in [0, 0.05) is 15.6 Å². The van der Waals surface area contributed by atoms with Crippen molar-refractivity contribution >= 4 is 21.4 Å². The summed E-state index contributed by atoms with van der Waals surface area (Å²) in [6, 6.07) is 8.97. The Morgan fingerprint density at radius 2 is 2.07 bits per heavy atom. The van der Waals surface area contributed by atoms with Crippen molar-refractivity contribution in [3.05, 3.63) is 34.7 Å². The number of hydrogen-bond acceptors (Lipinski definition) is 2. The molecule has 0 unspecified atom stereocenters. The van der Waals surface area contributed by atoms with E-state index in [0.717, 1.165) is 6.42 Å². The van der Waals surface area contributed by atoms with Crippen LogP contribution in [0.15, 0.2) is 24.3 Å². The summed E-state index contributed by atoms with van der Waals surface area (Å²) >= 11 is 1.90. The lowest BCUT2D eigenvalue weighted by molar-refractivity contribution is 0.620. The van der Waals surface area contributed by atoms with E-state index in [2.05, 4.69) is 24.3 Å². The Morgan fingerprint density at radius 3 is 3.00 bits per heavy atom. The first kappa shape index (κ1) is 9.37. The topological polar surface area (TPSA) is 26.0 Å². The summed E-state index contributed by atoms with van der Waals surface area (Å²) in [6.07, 6.45) is 4.94. The SMILES string of the molecule is N[C@@H]1CCCCc2c1sc1ccccc21. The fourth-order valence-electron chi connectivity index (χ4n) is 2.47. The molecular formula is C13H15NS. The zero-order valence-corrected chi connectivity index (χ0v) is 9.52. The zero-order valence-electron chi connectivity index (χ0n) is 8.70. The summed E-state index contributed by atoms with van der Waals surface area (Å²) in [6.45, 7) is 0. The number of thiophene rings is 1. The molecule has 0 saturated heterocycles. The number of nitrogens with two attached hydrogens (primary N) is 1. The van der Waals surface area contributed by atoms with Gasteiger partial charge in [0.05, 0.1) is 0 Å². The molecule has 78 valence electrons. The third-order valence-corrected chi connectivity index (χ3v) is 4.60. The van der Waals surface area contributed by atoms with Gasteiger partial charge in [-0.15, -0.1) is 11.3 Å². The van der Waals surface area contributed by atoms with Crippen LogP contribution in [-0.4, -0.2) is 0 Å². The minimum absolute atomic E-state index is 0.278. The maximum absolute atomic E-state index is 6.22. The number of rotatable bonds is 0. The second-order valence-corrected chi connectivity index (χ2v) is 5.38. The fraction of sp³-hybridized carbons (Fsp3) is 0.385. The van der Waals surface area contributed by atoms with Crippen molar-refractivity contribution in [3.8, 4) is 0 Å². The van der Waals surface area contributed by atoms with Crippen LogP contribution in [0, 0.1) is 0 Å². The van der Waals surface area contributed by atoms with Gasteiger partial charge in [-0.3, -0.25) is 0 Å². The molecule has 0 fully saturated rings. The fourth-order valence-corrected chi connectivity index (χ4v) is 3.76. The van der Waals surface area contributed by atoms with Crippen molar-refractivity contribution in [2.45, 2.75) is 31.7 Å². The van der Waals surface area contributed by atoms with E-state index in [0.29, 0.717) is 0 Å². The largest absolute Gasteiger partial charge is 0.323 e. The van der Waals surface area contributed by atoms with E-state index in [4.69, 9.17) is 5.73 Å². The first-order chi connectivity index (χ1) is 7.36. The summed E-state index contributed by atoms with van der Waals surface area (Å²) in [4.78, 5) is 1.44. The van der Waals surface area contributed by atoms with E-state index < -0.39 is 0 Å². The average Bonchev–Trinajstić information content (AvgIpc) is 2.54. The Balaban J connectivity index is 2.26. The summed E-state index contributed by atoms with van der Waals surface area (Å²) in [5.74, 6) is 0. The highest BCUT2D eigenvalue weighted by Gasteiger charge is 2.19. The molecule has 0 bridgehead atoms. The van der Waals surface area contributed by atoms with E-state index >= 15 is 0 Å². The molecule has 15 heavy (non-hydrogen) atoms. The van der Waals surface area contributed by atoms with Crippen LogP contribution in [0.1, 0.15) is 35.7 Å². The van der Waals surface area contributed by atoms with Crippen LogP contribution >= 0.6 is 11.3 Å². The Hall–Kier alpha value is -0.860. The molecule has 0 aliphatic heterocycles. The van der Waals surface area contributed by atoms with E-state index in [9.17, 15) is 0 Å². The Kier molecular flexibility index (Phi) is 2.26. The lowest BCUT2D eigenvalue weighted by atomic mass is 10.1. The first-order valence-electron chi connectivity index (χ1n) is 5.62. The number of benzene rings is 1. The first-order valence-corrected chi connectivity index (χ1v) is 6.44. The van der Waals surface area contributed by atoms with Crippen LogP contribution in [-0.2, 0) is 6.42 Å². The molecule has 1 aliphatic rings. The highest BCUT2D eigenvalue weighted by molar-refractivity contribution is 7.19. The van der Waals surface area contributed by atoms with Crippen molar-refractivity contribution in [1.29, 1.82) is 0 Å². The minimum Gasteiger partial charge on any atom is -0.323 e. The molecule has 2 heteroatoms. The number of hydrogen-bond donors (Lipinski definition) is 1. The smallest absolute Gasteiger partial charge is 0.0392 e. The molecule has 1 aromatic carbocycles. The third-order valence-electron chi connectivity index (χ3n) is 3.26. The molecule has 0 saturated carbocycles. The summed E-state index contributed by atoms with van der Waals surface area (Å²) in [7, 11) is 0. The van der Waals surface area contributed by atoms with Gasteiger partial charge in [-0.25, -0.2) is 0 Å². The quantitative estimate of drug-likeness (QED) is 0.670. The van der Waals surface area contributed by atoms with Crippen LogP contribution in [0.2, 0.25) is 0 Å². The molecule has 2 N–H and O–H groups in total. The van der Waals surface area contributed by atoms with Gasteiger partial charge in [-0.1, -0.05) is 24.6 Å². The predicted molar refractivity (Wildman–Crippen MR) is 66.3 cm³/mol. The predicted octanol–water partition coefficient (Wildman–Crippen LogP) is 3.63. The van der Waals surface area contributed by atoms with Crippen molar-refractivity contribution in [1.82, 2.24) is 0 Å². The van der Waals surface area contributed by atoms with E-state index in [1.165, 1.54) is 39.8 Å². The van der Waals surface area contributed by atoms with Crippen LogP contribution in [0.4, 0.5) is 0 Å². The highest BCUT2D eigenvalue weighted by atomic mass is 32.1. The second-order valence-electron chi connectivity index (χ2n) is 4.29. The molecule has 1 aliphatic carbocycles. The van der Waals surface area contributed by atoms with E-state index in [1.807, 2.05) is 11.3 Å². The van der Waals surface area contributed by atoms with Crippen LogP contribution in [0.3, 0.4) is 0 Å². The Labute approximate surface area is 93.9 Å². The van der Waals surface area contributed by atoms with Crippen molar-refractivity contribution < 1.29 is 0 Å². The number of aryl methyl sites for hydroxylation is 1. The third kappa shape index (κ3) is 1.48. The summed E-state index contributed by atoms with van der Waals surface area (Å²) < 4.78 is 1.40. The van der Waals surface area contributed by atoms with E-state index in [-0.39, 0.29) is 6.04 Å². The van der Waals surface area contributed by atoms with Gasteiger partial charge in [0.25, 0.3) is 0 Å². The Bertz CT molecular complexity index is 486. The van der Waals surface area contributed by atoms with Crippen LogP contribution in [0.5, 0.6) is 0 Å². The molecule has 1 nitrogen and oxygen atoms in total. The summed E-state index contributed by atoms with van der Waals surface area (Å²) in [5, 5.41) is 1.44. The Morgan fingerprint density at radius 1 is 1.20 bits per heavy atom. The van der Waals surface area contributed by atoms with Gasteiger partial charge in [0.15, 0.2) is 0 Å². The molecule has 1 atom stereocenters. The standard InChI is InChI=1S/C13H15NS/c14-11-7-3-1-6-10-9-5-2-4-8-12(9)15-13(10)11/h2,4-5,8,11H,1,3,6-7,14H2/t11-/m1/s1. The van der Waals surface area contributed by atoms with Gasteiger partial charge in [-0.05, 0) is 36.3 Å². The lowest BCUT2D eigenvalue weighted by Crippen LogP contribution is -2.07. The normalized spacial score (nSPS) is 21.3. The monoisotopic (exact) mass is 217 g/mol. The molecule has 0 spiro atoms. The molecule has 1 heterocycles. The average molecular weight is 217 g/mol. The summed E-state index contributed by atoms with van der Waals surface area (Å²) in [5.41, 5.74) is 7.75. The molecule has 3 rings (SSSR count). The van der Waals surface area contributed by atoms with Crippen LogP contribution < -0.4 is 5.73 Å². The maximum atomic E-state index is 6.22. The molecular weight excluding hydrogens is 202 g/mol. The van der Waals surface area contributed by atoms with Crippen molar-refractivity contribution in [3.63, 3.8) is 0 Å². The lowest BCUT2D eigenvalue weighted by Gasteiger charge is -2.06. The van der Waals surface area contributed by atoms with Gasteiger partial charge < -0.3 is 5.73 Å². The van der Waals surface area contributed by atoms with Crippen molar-refractivity contribution in [2.75, 3.05) is 0 Å². The highest BCUT2D eigenvalue weighted by Crippen LogP contribution is 2.38. The van der Waals surface area contributed by atoms with Crippen LogP contribution in [0.25, 0.3) is 10.1 Å². The van der Waals surface area contributed by atoms with Gasteiger partial charge >= 0.3 is 0 Å². The number of fused-ring (bicyclic) bond motifs is 3. The molecule has 2 aromatic rings. The maximum Gasteiger partial charge on any atom is 0.0392 e. The molecule has 0 radical (unpaired) electrons. The van der Waals surface area contributed by atoms with Crippen molar-refractivity contribution in [2.24, 2.45) is 5.73 Å². The molecule has 0 amide bonds. The van der Waals surface area contributed by atoms with Gasteiger partial charge in [-0.2, -0.15) is 0 Å². The zero-order chi connectivity index (χ0) is 10.3. The molecule has 1 aromatic heterocycles. The van der Waals surface area contributed by atoms with E-state index in [1.54, 1.807) is 0 Å². The van der Waals surface area contributed by atoms with Gasteiger partial charge in [0.2, 0.25) is 0 Å².